The van der Waals surface area contributed by atoms with E-state index in [1.54, 1.807) is 42.6 Å². The Labute approximate surface area is 189 Å². The van der Waals surface area contributed by atoms with Crippen molar-refractivity contribution in [1.82, 2.24) is 10.7 Å². The zero-order valence-electron chi connectivity index (χ0n) is 17.8. The standard InChI is InChI=1S/C24H29N3O3S/c1-2-16-29-21-14-10-19(11-15-21)23(28)30-22-12-8-18(9-13-22)17-25-27-24(31)26-20-6-4-3-5-7-20/h8-15,17,20H,2-7,16H2,1H3,(H2,26,27,31)/b25-17+. The van der Waals surface area contributed by atoms with Crippen LogP contribution in [-0.4, -0.2) is 29.9 Å². The molecule has 0 heterocycles. The molecule has 0 radical (unpaired) electrons. The van der Waals surface area contributed by atoms with E-state index in [0.717, 1.165) is 30.6 Å². The molecule has 1 aliphatic carbocycles. The van der Waals surface area contributed by atoms with Crippen molar-refractivity contribution < 1.29 is 14.3 Å². The van der Waals surface area contributed by atoms with E-state index < -0.39 is 5.97 Å². The van der Waals surface area contributed by atoms with E-state index in [0.29, 0.717) is 29.1 Å². The minimum absolute atomic E-state index is 0.413. The third-order valence-corrected chi connectivity index (χ3v) is 5.18. The maximum atomic E-state index is 12.3. The SMILES string of the molecule is CCCOc1ccc(C(=O)Oc2ccc(/C=N/NC(=S)NC3CCCCC3)cc2)cc1. The normalized spacial score (nSPS) is 14.2. The van der Waals surface area contributed by atoms with Crippen molar-refractivity contribution in [3.05, 3.63) is 59.7 Å². The van der Waals surface area contributed by atoms with E-state index in [2.05, 4.69) is 15.8 Å². The summed E-state index contributed by atoms with van der Waals surface area (Å²) in [6.07, 6.45) is 8.73. The van der Waals surface area contributed by atoms with Gasteiger partial charge in [-0.05, 0) is 85.6 Å². The van der Waals surface area contributed by atoms with Gasteiger partial charge in [0, 0.05) is 6.04 Å². The van der Waals surface area contributed by atoms with Gasteiger partial charge in [-0.15, -0.1) is 0 Å². The summed E-state index contributed by atoms with van der Waals surface area (Å²) in [5, 5.41) is 8.02. The maximum Gasteiger partial charge on any atom is 0.343 e. The van der Waals surface area contributed by atoms with Gasteiger partial charge in [0.25, 0.3) is 0 Å². The van der Waals surface area contributed by atoms with E-state index in [9.17, 15) is 4.79 Å². The monoisotopic (exact) mass is 439 g/mol. The minimum atomic E-state index is -0.413. The van der Waals surface area contributed by atoms with Crippen molar-refractivity contribution in [1.29, 1.82) is 0 Å². The average Bonchev–Trinajstić information content (AvgIpc) is 2.80. The molecule has 0 unspecified atom stereocenters. The van der Waals surface area contributed by atoms with Crippen LogP contribution in [0, 0.1) is 0 Å². The molecule has 0 bridgehead atoms. The summed E-state index contributed by atoms with van der Waals surface area (Å²) in [4.78, 5) is 12.3. The number of carbonyl (C=O) groups is 1. The van der Waals surface area contributed by atoms with Crippen LogP contribution in [0.2, 0.25) is 0 Å². The van der Waals surface area contributed by atoms with Crippen LogP contribution < -0.4 is 20.2 Å². The number of nitrogens with one attached hydrogen (secondary N) is 2. The summed E-state index contributed by atoms with van der Waals surface area (Å²) in [6, 6.07) is 14.5. The molecule has 3 rings (SSSR count). The number of hydrogen-bond donors (Lipinski definition) is 2. The van der Waals surface area contributed by atoms with Gasteiger partial charge in [-0.2, -0.15) is 5.10 Å². The molecule has 31 heavy (non-hydrogen) atoms. The number of benzene rings is 2. The Morgan fingerprint density at radius 3 is 2.42 bits per heavy atom. The highest BCUT2D eigenvalue weighted by Crippen LogP contribution is 2.18. The summed E-state index contributed by atoms with van der Waals surface area (Å²) < 4.78 is 11.0. The number of carbonyl (C=O) groups excluding carboxylic acids is 1. The number of ether oxygens (including phenoxy) is 2. The molecular weight excluding hydrogens is 410 g/mol. The summed E-state index contributed by atoms with van der Waals surface area (Å²) in [5.41, 5.74) is 4.19. The number of thiocarbonyl (C=S) groups is 1. The van der Waals surface area contributed by atoms with Crippen LogP contribution in [0.25, 0.3) is 0 Å². The number of esters is 1. The van der Waals surface area contributed by atoms with Crippen molar-refractivity contribution >= 4 is 29.5 Å². The average molecular weight is 440 g/mol. The van der Waals surface area contributed by atoms with Crippen molar-refractivity contribution in [2.75, 3.05) is 6.61 Å². The number of rotatable bonds is 8. The van der Waals surface area contributed by atoms with E-state index in [4.69, 9.17) is 21.7 Å². The quantitative estimate of drug-likeness (QED) is 0.202. The lowest BCUT2D eigenvalue weighted by Gasteiger charge is -2.23. The third kappa shape index (κ3) is 7.68. The Hall–Kier alpha value is -2.93. The Morgan fingerprint density at radius 1 is 1.06 bits per heavy atom. The predicted octanol–water partition coefficient (Wildman–Crippen LogP) is 4.83. The van der Waals surface area contributed by atoms with Crippen LogP contribution in [0.1, 0.15) is 61.4 Å². The first kappa shape index (κ1) is 22.7. The van der Waals surface area contributed by atoms with E-state index >= 15 is 0 Å². The Balaban J connectivity index is 1.45. The van der Waals surface area contributed by atoms with E-state index in [1.807, 2.05) is 19.1 Å². The van der Waals surface area contributed by atoms with Gasteiger partial charge in [-0.1, -0.05) is 26.2 Å². The Morgan fingerprint density at radius 2 is 1.74 bits per heavy atom. The summed E-state index contributed by atoms with van der Waals surface area (Å²) in [5.74, 6) is 0.796. The highest BCUT2D eigenvalue weighted by molar-refractivity contribution is 7.80. The zero-order valence-corrected chi connectivity index (χ0v) is 18.6. The topological polar surface area (TPSA) is 72.0 Å². The van der Waals surface area contributed by atoms with Crippen molar-refractivity contribution in [2.24, 2.45) is 5.10 Å². The first-order chi connectivity index (χ1) is 15.1. The molecule has 6 nitrogen and oxygen atoms in total. The molecule has 0 saturated heterocycles. The summed E-state index contributed by atoms with van der Waals surface area (Å²) in [7, 11) is 0. The Kier molecular flexibility index (Phi) is 8.84. The fraction of sp³-hybridized carbons (Fsp3) is 0.375. The molecule has 0 amide bonds. The van der Waals surface area contributed by atoms with Crippen molar-refractivity contribution in [2.45, 2.75) is 51.5 Å². The van der Waals surface area contributed by atoms with Gasteiger partial charge in [-0.3, -0.25) is 5.43 Å². The van der Waals surface area contributed by atoms with Crippen LogP contribution >= 0.6 is 12.2 Å². The molecule has 1 saturated carbocycles. The first-order valence-corrected chi connectivity index (χ1v) is 11.2. The molecule has 164 valence electrons. The second-order valence-corrected chi connectivity index (χ2v) is 7.92. The van der Waals surface area contributed by atoms with Gasteiger partial charge in [0.05, 0.1) is 18.4 Å². The largest absolute Gasteiger partial charge is 0.494 e. The lowest BCUT2D eigenvalue weighted by Crippen LogP contribution is -2.40. The summed E-state index contributed by atoms with van der Waals surface area (Å²) in [6.45, 7) is 2.70. The highest BCUT2D eigenvalue weighted by Gasteiger charge is 2.13. The second kappa shape index (κ2) is 12.1. The lowest BCUT2D eigenvalue weighted by atomic mass is 9.96. The number of hydrazone groups is 1. The van der Waals surface area contributed by atoms with E-state index in [1.165, 1.54) is 19.3 Å². The van der Waals surface area contributed by atoms with Gasteiger partial charge in [0.1, 0.15) is 11.5 Å². The van der Waals surface area contributed by atoms with Crippen LogP contribution in [0.15, 0.2) is 53.6 Å². The molecular formula is C24H29N3O3S. The Bertz CT molecular complexity index is 876. The molecule has 0 aliphatic heterocycles. The molecule has 0 spiro atoms. The summed E-state index contributed by atoms with van der Waals surface area (Å²) >= 11 is 5.29. The van der Waals surface area contributed by atoms with Gasteiger partial charge in [0.15, 0.2) is 5.11 Å². The predicted molar refractivity (Wildman–Crippen MR) is 127 cm³/mol. The molecule has 1 fully saturated rings. The van der Waals surface area contributed by atoms with Crippen LogP contribution in [0.4, 0.5) is 0 Å². The van der Waals surface area contributed by atoms with Gasteiger partial charge >= 0.3 is 5.97 Å². The fourth-order valence-electron chi connectivity index (χ4n) is 3.33. The van der Waals surface area contributed by atoms with Crippen molar-refractivity contribution in [3.8, 4) is 11.5 Å². The maximum absolute atomic E-state index is 12.3. The van der Waals surface area contributed by atoms with Gasteiger partial charge in [-0.25, -0.2) is 4.79 Å². The van der Waals surface area contributed by atoms with Gasteiger partial charge < -0.3 is 14.8 Å². The van der Waals surface area contributed by atoms with Crippen LogP contribution in [-0.2, 0) is 0 Å². The number of hydrogen-bond acceptors (Lipinski definition) is 5. The third-order valence-electron chi connectivity index (χ3n) is 4.97. The molecule has 2 N–H and O–H groups in total. The molecule has 1 aliphatic rings. The van der Waals surface area contributed by atoms with Gasteiger partial charge in [0.2, 0.25) is 0 Å². The van der Waals surface area contributed by atoms with Crippen molar-refractivity contribution in [3.63, 3.8) is 0 Å². The smallest absolute Gasteiger partial charge is 0.343 e. The van der Waals surface area contributed by atoms with Crippen LogP contribution in [0.3, 0.4) is 0 Å². The lowest BCUT2D eigenvalue weighted by molar-refractivity contribution is 0.0734. The molecule has 0 aromatic heterocycles. The van der Waals surface area contributed by atoms with Crippen LogP contribution in [0.5, 0.6) is 11.5 Å². The fourth-order valence-corrected chi connectivity index (χ4v) is 3.54. The molecule has 2 aromatic rings. The number of nitrogens with zero attached hydrogens (tertiary/aromatic N) is 1. The zero-order chi connectivity index (χ0) is 21.9. The molecule has 7 heteroatoms. The highest BCUT2D eigenvalue weighted by atomic mass is 32.1. The molecule has 2 aromatic carbocycles. The second-order valence-electron chi connectivity index (χ2n) is 7.51. The molecule has 0 atom stereocenters. The van der Waals surface area contributed by atoms with E-state index in [-0.39, 0.29) is 0 Å². The first-order valence-electron chi connectivity index (χ1n) is 10.8. The minimum Gasteiger partial charge on any atom is -0.494 e.